The number of hydrogen-bond donors (Lipinski definition) is 1. The van der Waals surface area contributed by atoms with Crippen molar-refractivity contribution in [2.75, 3.05) is 0 Å². The first-order chi connectivity index (χ1) is 4.71. The lowest BCUT2D eigenvalue weighted by Gasteiger charge is -2.39. The minimum Gasteiger partial charge on any atom is -0.390 e. The second-order valence-corrected chi connectivity index (χ2v) is 10.8. The fraction of sp³-hybridized carbons (Fsp3) is 1.00. The maximum Gasteiger partial charge on any atom is 0.0624 e. The summed E-state index contributed by atoms with van der Waals surface area (Å²) in [6.07, 6.45) is 2.48. The molecule has 0 spiro atoms. The molecule has 1 aliphatic rings. The van der Waals surface area contributed by atoms with Gasteiger partial charge in [0.25, 0.3) is 0 Å². The van der Waals surface area contributed by atoms with Gasteiger partial charge < -0.3 is 5.11 Å². The van der Waals surface area contributed by atoms with Gasteiger partial charge in [0.15, 0.2) is 0 Å². The number of hydrogen-bond acceptors (Lipinski definition) is 1. The van der Waals surface area contributed by atoms with Gasteiger partial charge in [0.2, 0.25) is 0 Å². The summed E-state index contributed by atoms with van der Waals surface area (Å²) in [5, 5.41) is 10.3. The summed E-state index contributed by atoms with van der Waals surface area (Å²) in [5.74, 6) is 0. The summed E-state index contributed by atoms with van der Waals surface area (Å²) < 4.78 is 0. The molecule has 0 bridgehead atoms. The highest BCUT2D eigenvalue weighted by Gasteiger charge is 2.61. The van der Waals surface area contributed by atoms with E-state index in [1.807, 2.05) is 13.8 Å². The topological polar surface area (TPSA) is 20.2 Å². The van der Waals surface area contributed by atoms with Crippen molar-refractivity contribution in [3.63, 3.8) is 0 Å². The highest BCUT2D eigenvalue weighted by molar-refractivity contribution is 6.80. The van der Waals surface area contributed by atoms with Crippen molar-refractivity contribution in [1.82, 2.24) is 0 Å². The third-order valence-electron chi connectivity index (χ3n) is 3.36. The van der Waals surface area contributed by atoms with Crippen molar-refractivity contribution in [2.45, 2.75) is 57.0 Å². The average molecular weight is 172 g/mol. The van der Waals surface area contributed by atoms with Gasteiger partial charge in [0.1, 0.15) is 0 Å². The molecule has 0 unspecified atom stereocenters. The van der Waals surface area contributed by atoms with E-state index in [0.717, 1.165) is 0 Å². The number of rotatable bonds is 2. The van der Waals surface area contributed by atoms with Crippen LogP contribution in [0, 0.1) is 0 Å². The van der Waals surface area contributed by atoms with Crippen LogP contribution in [0.15, 0.2) is 0 Å². The Balaban J connectivity index is 2.85. The maximum atomic E-state index is 9.98. The van der Waals surface area contributed by atoms with E-state index in [9.17, 15) is 5.11 Å². The Kier molecular flexibility index (Phi) is 1.77. The summed E-state index contributed by atoms with van der Waals surface area (Å²) in [6.45, 7) is 11.0. The fourth-order valence-corrected chi connectivity index (χ4v) is 5.86. The monoisotopic (exact) mass is 172 g/mol. The summed E-state index contributed by atoms with van der Waals surface area (Å²) in [4.78, 5) is 0. The Bertz CT molecular complexity index is 141. The zero-order valence-corrected chi connectivity index (χ0v) is 9.36. The summed E-state index contributed by atoms with van der Waals surface area (Å²) in [5.41, 5.74) is -0.447. The maximum absolute atomic E-state index is 9.98. The van der Waals surface area contributed by atoms with E-state index in [1.54, 1.807) is 0 Å². The van der Waals surface area contributed by atoms with Gasteiger partial charge in [-0.1, -0.05) is 19.6 Å². The zero-order chi connectivity index (χ0) is 8.91. The first-order valence-corrected chi connectivity index (χ1v) is 7.93. The molecule has 0 aliphatic heterocycles. The average Bonchev–Trinajstić information content (AvgIpc) is 2.31. The molecule has 0 heterocycles. The van der Waals surface area contributed by atoms with E-state index in [2.05, 4.69) is 19.6 Å². The smallest absolute Gasteiger partial charge is 0.0624 e. The molecule has 0 aromatic carbocycles. The molecule has 1 fully saturated rings. The van der Waals surface area contributed by atoms with Crippen LogP contribution in [0.1, 0.15) is 26.7 Å². The molecule has 0 aromatic heterocycles. The predicted molar refractivity (Wildman–Crippen MR) is 51.6 cm³/mol. The lowest BCUT2D eigenvalue weighted by molar-refractivity contribution is 0.0605. The van der Waals surface area contributed by atoms with E-state index >= 15 is 0 Å². The van der Waals surface area contributed by atoms with Crippen LogP contribution in [0.2, 0.25) is 24.7 Å². The third-order valence-corrected chi connectivity index (χ3v) is 7.34. The predicted octanol–water partition coefficient (Wildman–Crippen LogP) is 2.63. The minimum atomic E-state index is -1.16. The van der Waals surface area contributed by atoms with Crippen LogP contribution < -0.4 is 0 Å². The van der Waals surface area contributed by atoms with Crippen LogP contribution >= 0.6 is 0 Å². The quantitative estimate of drug-likeness (QED) is 0.635. The van der Waals surface area contributed by atoms with Crippen LogP contribution in [0.25, 0.3) is 0 Å². The van der Waals surface area contributed by atoms with Crippen LogP contribution in [0.5, 0.6) is 0 Å². The standard InChI is InChI=1S/C9H20OSi/c1-8(2,10)9(6-7-9)11(3,4)5/h10H,6-7H2,1-5H3. The molecule has 0 atom stereocenters. The van der Waals surface area contributed by atoms with Crippen molar-refractivity contribution in [2.24, 2.45) is 0 Å². The molecule has 0 radical (unpaired) electrons. The summed E-state index contributed by atoms with van der Waals surface area (Å²) in [7, 11) is -1.16. The molecular weight excluding hydrogens is 152 g/mol. The van der Waals surface area contributed by atoms with E-state index in [4.69, 9.17) is 0 Å². The van der Waals surface area contributed by atoms with Crippen molar-refractivity contribution < 1.29 is 5.11 Å². The van der Waals surface area contributed by atoms with Gasteiger partial charge in [0.05, 0.1) is 13.7 Å². The second-order valence-electron chi connectivity index (χ2n) is 5.39. The summed E-state index contributed by atoms with van der Waals surface area (Å²) >= 11 is 0. The Morgan fingerprint density at radius 1 is 1.18 bits per heavy atom. The molecule has 0 aromatic rings. The molecule has 66 valence electrons. The Labute approximate surface area is 70.8 Å². The Morgan fingerprint density at radius 2 is 1.55 bits per heavy atom. The van der Waals surface area contributed by atoms with Crippen molar-refractivity contribution in [3.05, 3.63) is 0 Å². The van der Waals surface area contributed by atoms with Gasteiger partial charge in [-0.15, -0.1) is 0 Å². The van der Waals surface area contributed by atoms with E-state index < -0.39 is 13.7 Å². The highest BCUT2D eigenvalue weighted by Crippen LogP contribution is 2.67. The molecule has 0 saturated heterocycles. The van der Waals surface area contributed by atoms with Gasteiger partial charge in [-0.3, -0.25) is 0 Å². The fourth-order valence-electron chi connectivity index (χ4n) is 2.40. The minimum absolute atomic E-state index is 0.319. The molecular formula is C9H20OSi. The van der Waals surface area contributed by atoms with Gasteiger partial charge in [0, 0.05) is 0 Å². The highest BCUT2D eigenvalue weighted by atomic mass is 28.3. The van der Waals surface area contributed by atoms with Crippen LogP contribution in [0.3, 0.4) is 0 Å². The van der Waals surface area contributed by atoms with E-state index in [1.165, 1.54) is 12.8 Å². The number of aliphatic hydroxyl groups is 1. The largest absolute Gasteiger partial charge is 0.390 e. The lowest BCUT2D eigenvalue weighted by Crippen LogP contribution is -2.43. The van der Waals surface area contributed by atoms with Crippen LogP contribution in [0.4, 0.5) is 0 Å². The van der Waals surface area contributed by atoms with Gasteiger partial charge >= 0.3 is 0 Å². The second kappa shape index (κ2) is 2.11. The molecule has 0 amide bonds. The van der Waals surface area contributed by atoms with E-state index in [0.29, 0.717) is 5.04 Å². The molecule has 1 saturated carbocycles. The first-order valence-electron chi connectivity index (χ1n) is 4.43. The van der Waals surface area contributed by atoms with Crippen LogP contribution in [-0.4, -0.2) is 18.8 Å². The first kappa shape index (κ1) is 9.27. The third kappa shape index (κ3) is 1.27. The molecule has 1 nitrogen and oxygen atoms in total. The molecule has 1 rings (SSSR count). The molecule has 11 heavy (non-hydrogen) atoms. The normalized spacial score (nSPS) is 23.5. The van der Waals surface area contributed by atoms with Crippen molar-refractivity contribution in [3.8, 4) is 0 Å². The van der Waals surface area contributed by atoms with Crippen molar-refractivity contribution in [1.29, 1.82) is 0 Å². The van der Waals surface area contributed by atoms with Gasteiger partial charge in [-0.05, 0) is 31.7 Å². The van der Waals surface area contributed by atoms with Gasteiger partial charge in [-0.25, -0.2) is 0 Å². The SMILES string of the molecule is CC(C)(O)C1([Si](C)(C)C)CC1. The zero-order valence-electron chi connectivity index (χ0n) is 8.36. The van der Waals surface area contributed by atoms with Crippen LogP contribution in [-0.2, 0) is 0 Å². The summed E-state index contributed by atoms with van der Waals surface area (Å²) in [6, 6.07) is 0. The molecule has 2 heteroatoms. The van der Waals surface area contributed by atoms with E-state index in [-0.39, 0.29) is 0 Å². The Morgan fingerprint density at radius 3 is 1.55 bits per heavy atom. The van der Waals surface area contributed by atoms with Crippen molar-refractivity contribution >= 4 is 8.07 Å². The molecule has 1 aliphatic carbocycles. The Hall–Kier alpha value is 0.177. The van der Waals surface area contributed by atoms with Gasteiger partial charge in [-0.2, -0.15) is 0 Å². The molecule has 1 N–H and O–H groups in total. The lowest BCUT2D eigenvalue weighted by atomic mass is 10.0.